The Morgan fingerprint density at radius 3 is 2.68 bits per heavy atom. The third kappa shape index (κ3) is 7.18. The Morgan fingerprint density at radius 2 is 1.92 bits per heavy atom. The fourth-order valence-electron chi connectivity index (χ4n) is 2.60. The van der Waals surface area contributed by atoms with Crippen LogP contribution in [-0.4, -0.2) is 18.6 Å². The van der Waals surface area contributed by atoms with Crippen molar-refractivity contribution in [2.45, 2.75) is 45.6 Å². The number of carbonyl (C=O) groups excluding carboxylic acids is 1. The van der Waals surface area contributed by atoms with E-state index in [9.17, 15) is 4.79 Å². The van der Waals surface area contributed by atoms with Crippen LogP contribution in [0.1, 0.15) is 37.8 Å². The molecule has 0 saturated carbocycles. The summed E-state index contributed by atoms with van der Waals surface area (Å²) in [6.45, 7) is 4.71. The Bertz CT molecular complexity index is 685. The fraction of sp³-hybridized carbons (Fsp3) is 0.381. The van der Waals surface area contributed by atoms with Gasteiger partial charge >= 0.3 is 0 Å². The molecule has 2 aromatic carbocycles. The van der Waals surface area contributed by atoms with E-state index in [2.05, 4.69) is 17.4 Å². The van der Waals surface area contributed by atoms with Crippen LogP contribution >= 0.6 is 11.6 Å². The first-order valence-corrected chi connectivity index (χ1v) is 9.18. The third-order valence-corrected chi connectivity index (χ3v) is 4.18. The summed E-state index contributed by atoms with van der Waals surface area (Å²) in [7, 11) is 0. The zero-order valence-corrected chi connectivity index (χ0v) is 15.7. The SMILES string of the molecule is CC(C)Oc1cccc(CCCNC(=O)CCc2ccccc2Cl)c1. The minimum Gasteiger partial charge on any atom is -0.491 e. The van der Waals surface area contributed by atoms with Gasteiger partial charge in [-0.15, -0.1) is 0 Å². The number of amides is 1. The molecule has 0 saturated heterocycles. The zero-order chi connectivity index (χ0) is 18.1. The molecule has 0 bridgehead atoms. The number of nitrogens with one attached hydrogen (secondary N) is 1. The molecule has 25 heavy (non-hydrogen) atoms. The van der Waals surface area contributed by atoms with Crippen LogP contribution in [0.25, 0.3) is 0 Å². The van der Waals surface area contributed by atoms with E-state index in [4.69, 9.17) is 16.3 Å². The van der Waals surface area contributed by atoms with Gasteiger partial charge in [0.25, 0.3) is 0 Å². The van der Waals surface area contributed by atoms with E-state index in [-0.39, 0.29) is 12.0 Å². The average Bonchev–Trinajstić information content (AvgIpc) is 2.58. The van der Waals surface area contributed by atoms with Gasteiger partial charge in [-0.1, -0.05) is 41.9 Å². The van der Waals surface area contributed by atoms with Crippen molar-refractivity contribution in [1.82, 2.24) is 5.32 Å². The topological polar surface area (TPSA) is 38.3 Å². The van der Waals surface area contributed by atoms with Crippen molar-refractivity contribution in [3.8, 4) is 5.75 Å². The summed E-state index contributed by atoms with van der Waals surface area (Å²) >= 11 is 6.10. The Kier molecular flexibility index (Phi) is 7.80. The molecular weight excluding hydrogens is 334 g/mol. The molecule has 3 nitrogen and oxygen atoms in total. The van der Waals surface area contributed by atoms with Gasteiger partial charge in [0.15, 0.2) is 0 Å². The quantitative estimate of drug-likeness (QED) is 0.652. The second-order valence-electron chi connectivity index (χ2n) is 6.36. The molecule has 2 rings (SSSR count). The summed E-state index contributed by atoms with van der Waals surface area (Å²) < 4.78 is 5.70. The molecule has 0 aliphatic rings. The maximum absolute atomic E-state index is 11.9. The summed E-state index contributed by atoms with van der Waals surface area (Å²) in [5.74, 6) is 0.966. The Morgan fingerprint density at radius 1 is 1.12 bits per heavy atom. The van der Waals surface area contributed by atoms with E-state index in [1.807, 2.05) is 50.2 Å². The van der Waals surface area contributed by atoms with Gasteiger partial charge in [-0.25, -0.2) is 0 Å². The molecule has 0 radical (unpaired) electrons. The normalized spacial score (nSPS) is 10.7. The molecule has 0 aliphatic heterocycles. The zero-order valence-electron chi connectivity index (χ0n) is 14.9. The maximum Gasteiger partial charge on any atom is 0.220 e. The summed E-state index contributed by atoms with van der Waals surface area (Å²) in [6, 6.07) is 15.8. The Balaban J connectivity index is 1.67. The van der Waals surface area contributed by atoms with Crippen LogP contribution < -0.4 is 10.1 Å². The largest absolute Gasteiger partial charge is 0.491 e. The van der Waals surface area contributed by atoms with Crippen molar-refractivity contribution in [2.24, 2.45) is 0 Å². The second-order valence-corrected chi connectivity index (χ2v) is 6.77. The van der Waals surface area contributed by atoms with Crippen molar-refractivity contribution in [3.05, 3.63) is 64.7 Å². The molecule has 0 fully saturated rings. The number of aryl methyl sites for hydroxylation is 2. The first-order chi connectivity index (χ1) is 12.0. The van der Waals surface area contributed by atoms with Crippen LogP contribution in [-0.2, 0) is 17.6 Å². The lowest BCUT2D eigenvalue weighted by atomic mass is 10.1. The lowest BCUT2D eigenvalue weighted by Crippen LogP contribution is -2.25. The molecule has 0 unspecified atom stereocenters. The number of rotatable bonds is 9. The van der Waals surface area contributed by atoms with Gasteiger partial charge < -0.3 is 10.1 Å². The number of carbonyl (C=O) groups is 1. The van der Waals surface area contributed by atoms with E-state index in [0.29, 0.717) is 19.4 Å². The molecule has 0 atom stereocenters. The Labute approximate surface area is 155 Å². The Hall–Kier alpha value is -2.00. The van der Waals surface area contributed by atoms with E-state index < -0.39 is 0 Å². The molecule has 1 amide bonds. The smallest absolute Gasteiger partial charge is 0.220 e. The minimum absolute atomic E-state index is 0.0665. The number of benzene rings is 2. The first-order valence-electron chi connectivity index (χ1n) is 8.80. The van der Waals surface area contributed by atoms with Crippen molar-refractivity contribution >= 4 is 17.5 Å². The third-order valence-electron chi connectivity index (χ3n) is 3.81. The van der Waals surface area contributed by atoms with Crippen LogP contribution in [0.2, 0.25) is 5.02 Å². The minimum atomic E-state index is 0.0665. The second kappa shape index (κ2) is 10.1. The number of hydrogen-bond acceptors (Lipinski definition) is 2. The lowest BCUT2D eigenvalue weighted by molar-refractivity contribution is -0.121. The molecule has 4 heteroatoms. The van der Waals surface area contributed by atoms with E-state index in [1.54, 1.807) is 0 Å². The van der Waals surface area contributed by atoms with Gasteiger partial charge in [-0.3, -0.25) is 4.79 Å². The number of ether oxygens (including phenoxy) is 1. The van der Waals surface area contributed by atoms with Crippen LogP contribution in [0.3, 0.4) is 0 Å². The molecule has 1 N–H and O–H groups in total. The van der Waals surface area contributed by atoms with Crippen molar-refractivity contribution in [3.63, 3.8) is 0 Å². The molecule has 134 valence electrons. The van der Waals surface area contributed by atoms with Gasteiger partial charge in [-0.2, -0.15) is 0 Å². The van der Waals surface area contributed by atoms with Crippen LogP contribution in [0.15, 0.2) is 48.5 Å². The fourth-order valence-corrected chi connectivity index (χ4v) is 2.83. The van der Waals surface area contributed by atoms with Gasteiger partial charge in [0.05, 0.1) is 6.10 Å². The molecule has 0 heterocycles. The van der Waals surface area contributed by atoms with Crippen molar-refractivity contribution in [2.75, 3.05) is 6.54 Å². The van der Waals surface area contributed by atoms with Crippen LogP contribution in [0, 0.1) is 0 Å². The highest BCUT2D eigenvalue weighted by Crippen LogP contribution is 2.17. The van der Waals surface area contributed by atoms with Gasteiger partial charge in [0, 0.05) is 18.0 Å². The molecule has 0 spiro atoms. The van der Waals surface area contributed by atoms with E-state index in [1.165, 1.54) is 5.56 Å². The standard InChI is InChI=1S/C21H26ClNO2/c1-16(2)25-19-10-5-7-17(15-19)8-6-14-23-21(24)13-12-18-9-3-4-11-20(18)22/h3-5,7,9-11,15-16H,6,8,12-14H2,1-2H3,(H,23,24). The van der Waals surface area contributed by atoms with Crippen LogP contribution in [0.4, 0.5) is 0 Å². The summed E-state index contributed by atoms with van der Waals surface area (Å²) in [6.07, 6.45) is 3.12. The lowest BCUT2D eigenvalue weighted by Gasteiger charge is -2.11. The highest BCUT2D eigenvalue weighted by Gasteiger charge is 2.05. The molecule has 0 aliphatic carbocycles. The number of halogens is 1. The average molecular weight is 360 g/mol. The molecule has 0 aromatic heterocycles. The monoisotopic (exact) mass is 359 g/mol. The van der Waals surface area contributed by atoms with Crippen LogP contribution in [0.5, 0.6) is 5.75 Å². The predicted molar refractivity (Wildman–Crippen MR) is 103 cm³/mol. The highest BCUT2D eigenvalue weighted by molar-refractivity contribution is 6.31. The summed E-state index contributed by atoms with van der Waals surface area (Å²) in [5, 5.41) is 3.70. The highest BCUT2D eigenvalue weighted by atomic mass is 35.5. The first kappa shape index (κ1) is 19.3. The van der Waals surface area contributed by atoms with E-state index >= 15 is 0 Å². The van der Waals surface area contributed by atoms with Crippen molar-refractivity contribution < 1.29 is 9.53 Å². The van der Waals surface area contributed by atoms with Crippen molar-refractivity contribution in [1.29, 1.82) is 0 Å². The predicted octanol–water partition coefficient (Wildman–Crippen LogP) is 4.81. The van der Waals surface area contributed by atoms with Gasteiger partial charge in [0.2, 0.25) is 5.91 Å². The summed E-state index contributed by atoms with van der Waals surface area (Å²) in [5.41, 5.74) is 2.24. The van der Waals surface area contributed by atoms with Gasteiger partial charge in [0.1, 0.15) is 5.75 Å². The summed E-state index contributed by atoms with van der Waals surface area (Å²) in [4.78, 5) is 11.9. The number of hydrogen-bond donors (Lipinski definition) is 1. The van der Waals surface area contributed by atoms with E-state index in [0.717, 1.165) is 29.2 Å². The molecule has 2 aromatic rings. The molecular formula is C21H26ClNO2. The van der Waals surface area contributed by atoms with Gasteiger partial charge in [-0.05, 0) is 62.4 Å². The maximum atomic E-state index is 11.9.